The normalized spacial score (nSPS) is 10.9. The Kier molecular flexibility index (Phi) is 6.73. The van der Waals surface area contributed by atoms with Crippen LogP contribution in [-0.4, -0.2) is 4.98 Å². The van der Waals surface area contributed by atoms with E-state index in [1.165, 1.54) is 15.8 Å². The largest absolute Gasteiger partial charge is 0.311 e. The van der Waals surface area contributed by atoms with E-state index < -0.39 is 0 Å². The van der Waals surface area contributed by atoms with Crippen LogP contribution in [0.15, 0.2) is 164 Å². The summed E-state index contributed by atoms with van der Waals surface area (Å²) in [6.07, 6.45) is 0. The Labute approximate surface area is 244 Å². The highest BCUT2D eigenvalue weighted by atomic mass is 32.1. The molecule has 0 aliphatic carbocycles. The SMILES string of the molecule is c1ccc(-c2ccc(N(c3ccc(N(c4ccccc4)c4ccccc4)cc3)c3nc4ccccc4s3)cc2)cc1. The first-order valence-electron chi connectivity index (χ1n) is 13.6. The molecule has 196 valence electrons. The van der Waals surface area contributed by atoms with Crippen molar-refractivity contribution in [1.82, 2.24) is 4.98 Å². The van der Waals surface area contributed by atoms with Crippen molar-refractivity contribution in [3.8, 4) is 11.1 Å². The Balaban J connectivity index is 1.30. The van der Waals surface area contributed by atoms with Crippen LogP contribution in [0.1, 0.15) is 0 Å². The smallest absolute Gasteiger partial charge is 0.195 e. The monoisotopic (exact) mass is 545 g/mol. The molecule has 0 N–H and O–H groups in total. The van der Waals surface area contributed by atoms with Crippen LogP contribution in [-0.2, 0) is 0 Å². The fraction of sp³-hybridized carbons (Fsp3) is 0. The third-order valence-corrected chi connectivity index (χ3v) is 8.12. The van der Waals surface area contributed by atoms with Gasteiger partial charge in [0.15, 0.2) is 5.13 Å². The molecule has 0 radical (unpaired) electrons. The standard InChI is InChI=1S/C37H27N3S/c1-4-12-28(13-5-1)29-20-22-33(23-21-29)40(37-38-35-18-10-11-19-36(35)41-37)34-26-24-32(25-27-34)39(30-14-6-2-7-15-30)31-16-8-3-9-17-31/h1-27H. The molecule has 0 amide bonds. The first-order valence-corrected chi connectivity index (χ1v) is 14.5. The Morgan fingerprint density at radius 3 is 1.34 bits per heavy atom. The highest BCUT2D eigenvalue weighted by Gasteiger charge is 2.18. The van der Waals surface area contributed by atoms with Crippen molar-refractivity contribution in [2.24, 2.45) is 0 Å². The van der Waals surface area contributed by atoms with Crippen LogP contribution < -0.4 is 9.80 Å². The molecule has 0 atom stereocenters. The van der Waals surface area contributed by atoms with Crippen LogP contribution in [0.4, 0.5) is 33.6 Å². The predicted octanol–water partition coefficient (Wildman–Crippen LogP) is 10.9. The molecule has 7 rings (SSSR count). The van der Waals surface area contributed by atoms with Gasteiger partial charge in [0, 0.05) is 28.4 Å². The summed E-state index contributed by atoms with van der Waals surface area (Å²) in [5.74, 6) is 0. The van der Waals surface area contributed by atoms with Crippen LogP contribution >= 0.6 is 11.3 Å². The summed E-state index contributed by atoms with van der Waals surface area (Å²) in [5, 5.41) is 0.939. The zero-order valence-corrected chi connectivity index (χ0v) is 23.2. The minimum atomic E-state index is 0.939. The summed E-state index contributed by atoms with van der Waals surface area (Å²) in [6, 6.07) is 57.3. The molecule has 0 unspecified atom stereocenters. The van der Waals surface area contributed by atoms with Crippen molar-refractivity contribution in [3.63, 3.8) is 0 Å². The minimum Gasteiger partial charge on any atom is -0.311 e. The lowest BCUT2D eigenvalue weighted by Gasteiger charge is -2.27. The van der Waals surface area contributed by atoms with Crippen LogP contribution in [0.5, 0.6) is 0 Å². The van der Waals surface area contributed by atoms with Gasteiger partial charge in [0.05, 0.1) is 10.2 Å². The lowest BCUT2D eigenvalue weighted by atomic mass is 10.1. The number of para-hydroxylation sites is 3. The third kappa shape index (κ3) is 5.09. The quantitative estimate of drug-likeness (QED) is 0.199. The van der Waals surface area contributed by atoms with E-state index in [4.69, 9.17) is 4.98 Å². The highest BCUT2D eigenvalue weighted by Crippen LogP contribution is 2.41. The molecule has 0 saturated carbocycles. The van der Waals surface area contributed by atoms with Crippen molar-refractivity contribution in [2.75, 3.05) is 9.80 Å². The second kappa shape index (κ2) is 11.1. The van der Waals surface area contributed by atoms with Crippen LogP contribution in [0.3, 0.4) is 0 Å². The number of nitrogens with zero attached hydrogens (tertiary/aromatic N) is 3. The van der Waals surface area contributed by atoms with E-state index >= 15 is 0 Å². The molecule has 0 saturated heterocycles. The number of anilines is 6. The number of rotatable bonds is 7. The summed E-state index contributed by atoms with van der Waals surface area (Å²) in [6.45, 7) is 0. The number of thiazole rings is 1. The van der Waals surface area contributed by atoms with Crippen LogP contribution in [0.25, 0.3) is 21.3 Å². The van der Waals surface area contributed by atoms with Crippen molar-refractivity contribution in [1.29, 1.82) is 0 Å². The highest BCUT2D eigenvalue weighted by molar-refractivity contribution is 7.22. The van der Waals surface area contributed by atoms with E-state index in [-0.39, 0.29) is 0 Å². The Hall–Kier alpha value is -5.19. The molecular weight excluding hydrogens is 518 g/mol. The Morgan fingerprint density at radius 2 is 0.780 bits per heavy atom. The van der Waals surface area contributed by atoms with Gasteiger partial charge in [0.25, 0.3) is 0 Å². The number of hydrogen-bond donors (Lipinski definition) is 0. The average molecular weight is 546 g/mol. The molecule has 3 nitrogen and oxygen atoms in total. The van der Waals surface area contributed by atoms with Gasteiger partial charge in [-0.25, -0.2) is 4.98 Å². The lowest BCUT2D eigenvalue weighted by molar-refractivity contribution is 1.24. The van der Waals surface area contributed by atoms with Crippen molar-refractivity contribution >= 4 is 55.1 Å². The molecule has 4 heteroatoms. The predicted molar refractivity (Wildman–Crippen MR) is 174 cm³/mol. The van der Waals surface area contributed by atoms with E-state index in [1.54, 1.807) is 11.3 Å². The average Bonchev–Trinajstić information content (AvgIpc) is 3.48. The van der Waals surface area contributed by atoms with Crippen molar-refractivity contribution in [3.05, 3.63) is 164 Å². The summed E-state index contributed by atoms with van der Waals surface area (Å²) in [5.41, 5.74) is 8.86. The Morgan fingerprint density at radius 1 is 0.366 bits per heavy atom. The maximum Gasteiger partial charge on any atom is 0.195 e. The van der Waals surface area contributed by atoms with E-state index in [1.807, 2.05) is 12.1 Å². The van der Waals surface area contributed by atoms with Gasteiger partial charge in [-0.3, -0.25) is 4.90 Å². The van der Waals surface area contributed by atoms with Gasteiger partial charge in [-0.1, -0.05) is 102 Å². The summed E-state index contributed by atoms with van der Waals surface area (Å²) >= 11 is 1.70. The molecule has 0 fully saturated rings. The fourth-order valence-corrected chi connectivity index (χ4v) is 6.12. The molecule has 41 heavy (non-hydrogen) atoms. The van der Waals surface area contributed by atoms with Crippen LogP contribution in [0.2, 0.25) is 0 Å². The van der Waals surface area contributed by atoms with E-state index in [0.717, 1.165) is 39.1 Å². The molecule has 1 heterocycles. The number of benzene rings is 6. The van der Waals surface area contributed by atoms with E-state index in [2.05, 4.69) is 161 Å². The fourth-order valence-electron chi connectivity index (χ4n) is 5.11. The Bertz CT molecular complexity index is 1790. The first kappa shape index (κ1) is 24.8. The van der Waals surface area contributed by atoms with Gasteiger partial charge in [-0.05, 0) is 83.9 Å². The maximum atomic E-state index is 5.03. The van der Waals surface area contributed by atoms with Gasteiger partial charge >= 0.3 is 0 Å². The first-order chi connectivity index (χ1) is 20.3. The van der Waals surface area contributed by atoms with Gasteiger partial charge in [-0.15, -0.1) is 0 Å². The summed E-state index contributed by atoms with van der Waals surface area (Å²) < 4.78 is 1.17. The molecule has 0 bridgehead atoms. The maximum absolute atomic E-state index is 5.03. The van der Waals surface area contributed by atoms with E-state index in [9.17, 15) is 0 Å². The molecule has 0 aliphatic rings. The topological polar surface area (TPSA) is 19.4 Å². The second-order valence-corrected chi connectivity index (χ2v) is 10.7. The molecule has 0 aliphatic heterocycles. The van der Waals surface area contributed by atoms with Crippen molar-refractivity contribution in [2.45, 2.75) is 0 Å². The summed E-state index contributed by atoms with van der Waals surface area (Å²) in [4.78, 5) is 9.56. The summed E-state index contributed by atoms with van der Waals surface area (Å²) in [7, 11) is 0. The van der Waals surface area contributed by atoms with Crippen molar-refractivity contribution < 1.29 is 0 Å². The second-order valence-electron chi connectivity index (χ2n) is 9.74. The molecular formula is C37H27N3S. The number of hydrogen-bond acceptors (Lipinski definition) is 4. The number of aromatic nitrogens is 1. The molecule has 6 aromatic carbocycles. The van der Waals surface area contributed by atoms with Gasteiger partial charge in [0.2, 0.25) is 0 Å². The molecule has 1 aromatic heterocycles. The molecule has 0 spiro atoms. The lowest BCUT2D eigenvalue weighted by Crippen LogP contribution is -2.12. The van der Waals surface area contributed by atoms with E-state index in [0.29, 0.717) is 0 Å². The number of fused-ring (bicyclic) bond motifs is 1. The zero-order chi connectivity index (χ0) is 27.4. The van der Waals surface area contributed by atoms with Gasteiger partial charge in [0.1, 0.15) is 0 Å². The third-order valence-electron chi connectivity index (χ3n) is 7.10. The van der Waals surface area contributed by atoms with Gasteiger partial charge in [-0.2, -0.15) is 0 Å². The molecule has 7 aromatic rings. The van der Waals surface area contributed by atoms with Gasteiger partial charge < -0.3 is 4.90 Å². The van der Waals surface area contributed by atoms with Crippen LogP contribution in [0, 0.1) is 0 Å². The minimum absolute atomic E-state index is 0.939. The zero-order valence-electron chi connectivity index (χ0n) is 22.3.